The summed E-state index contributed by atoms with van der Waals surface area (Å²) in [6, 6.07) is 0. The van der Waals surface area contributed by atoms with Crippen LogP contribution < -0.4 is 0 Å². The number of rotatable bonds is 4. The second-order valence-electron chi connectivity index (χ2n) is 5.78. The van der Waals surface area contributed by atoms with Crippen molar-refractivity contribution in [2.75, 3.05) is 14.2 Å². The number of ether oxygens (including phenoxy) is 2. The molecular formula is C13H24O4Si. The van der Waals surface area contributed by atoms with Crippen molar-refractivity contribution >= 4 is 14.3 Å². The Kier molecular flexibility index (Phi) is 4.98. The Labute approximate surface area is 110 Å². The average molecular weight is 272 g/mol. The molecule has 0 aromatic rings. The van der Waals surface area contributed by atoms with Gasteiger partial charge < -0.3 is 13.9 Å². The lowest BCUT2D eigenvalue weighted by molar-refractivity contribution is -0.152. The molecule has 0 amide bonds. The van der Waals surface area contributed by atoms with Gasteiger partial charge in [0.05, 0.1) is 24.9 Å². The van der Waals surface area contributed by atoms with E-state index in [-0.39, 0.29) is 23.9 Å². The standard InChI is InChI=1S/C13H24O4Si/c1-9-7-10(17-18(4,5)6)8-11(15-2)12(9)13(14)16-3/h8-9,11-12H,7H2,1-6H3/t9-,11+,12+/m0/s1. The summed E-state index contributed by atoms with van der Waals surface area (Å²) in [6.07, 6.45) is 2.44. The fraction of sp³-hybridized carbons (Fsp3) is 0.769. The lowest BCUT2D eigenvalue weighted by Crippen LogP contribution is -2.39. The van der Waals surface area contributed by atoms with E-state index in [1.807, 2.05) is 13.0 Å². The molecule has 5 heteroatoms. The van der Waals surface area contributed by atoms with Crippen LogP contribution >= 0.6 is 0 Å². The van der Waals surface area contributed by atoms with E-state index >= 15 is 0 Å². The van der Waals surface area contributed by atoms with Crippen molar-refractivity contribution in [3.8, 4) is 0 Å². The molecule has 18 heavy (non-hydrogen) atoms. The molecular weight excluding hydrogens is 248 g/mol. The molecule has 104 valence electrons. The zero-order chi connectivity index (χ0) is 13.9. The van der Waals surface area contributed by atoms with E-state index in [2.05, 4.69) is 19.6 Å². The first-order valence-corrected chi connectivity index (χ1v) is 9.69. The molecule has 0 fully saturated rings. The Balaban J connectivity index is 2.89. The van der Waals surface area contributed by atoms with Gasteiger partial charge in [0, 0.05) is 13.5 Å². The van der Waals surface area contributed by atoms with E-state index in [9.17, 15) is 4.79 Å². The lowest BCUT2D eigenvalue weighted by Gasteiger charge is -2.34. The van der Waals surface area contributed by atoms with E-state index in [0.29, 0.717) is 0 Å². The van der Waals surface area contributed by atoms with Crippen LogP contribution in [0.5, 0.6) is 0 Å². The van der Waals surface area contributed by atoms with Crippen LogP contribution in [0.2, 0.25) is 19.6 Å². The molecule has 0 aromatic carbocycles. The Morgan fingerprint density at radius 3 is 2.39 bits per heavy atom. The minimum absolute atomic E-state index is 0.166. The minimum atomic E-state index is -1.61. The molecule has 0 spiro atoms. The van der Waals surface area contributed by atoms with E-state index in [1.54, 1.807) is 7.11 Å². The number of carbonyl (C=O) groups excluding carboxylic acids is 1. The summed E-state index contributed by atoms with van der Waals surface area (Å²) in [5, 5.41) is 0. The van der Waals surface area contributed by atoms with Gasteiger partial charge in [-0.05, 0) is 31.6 Å². The van der Waals surface area contributed by atoms with Crippen LogP contribution in [0.25, 0.3) is 0 Å². The molecule has 1 aliphatic carbocycles. The molecule has 0 heterocycles. The van der Waals surface area contributed by atoms with Crippen LogP contribution in [0.15, 0.2) is 11.8 Å². The third-order valence-electron chi connectivity index (χ3n) is 3.02. The van der Waals surface area contributed by atoms with Crippen molar-refractivity contribution in [1.29, 1.82) is 0 Å². The van der Waals surface area contributed by atoms with Crippen LogP contribution in [0.1, 0.15) is 13.3 Å². The highest BCUT2D eigenvalue weighted by Crippen LogP contribution is 2.33. The molecule has 0 aliphatic heterocycles. The van der Waals surface area contributed by atoms with Crippen LogP contribution in [-0.4, -0.2) is 34.6 Å². The summed E-state index contributed by atoms with van der Waals surface area (Å²) in [5.74, 6) is 0.666. The molecule has 0 saturated carbocycles. The SMILES string of the molecule is COC(=O)[C@@H]1[C@@H](C)CC(O[Si](C)(C)C)=C[C@H]1OC. The van der Waals surface area contributed by atoms with Crippen LogP contribution in [0.3, 0.4) is 0 Å². The van der Waals surface area contributed by atoms with Gasteiger partial charge >= 0.3 is 5.97 Å². The van der Waals surface area contributed by atoms with Gasteiger partial charge in [0.2, 0.25) is 8.32 Å². The highest BCUT2D eigenvalue weighted by Gasteiger charge is 2.38. The summed E-state index contributed by atoms with van der Waals surface area (Å²) in [7, 11) is 1.41. The number of allylic oxidation sites excluding steroid dienone is 1. The second-order valence-corrected chi connectivity index (χ2v) is 10.2. The monoisotopic (exact) mass is 272 g/mol. The number of hydrogen-bond acceptors (Lipinski definition) is 4. The highest BCUT2D eigenvalue weighted by molar-refractivity contribution is 6.70. The third kappa shape index (κ3) is 3.85. The topological polar surface area (TPSA) is 44.8 Å². The molecule has 0 bridgehead atoms. The van der Waals surface area contributed by atoms with Crippen molar-refractivity contribution in [2.45, 2.75) is 39.1 Å². The molecule has 0 unspecified atom stereocenters. The predicted octanol–water partition coefficient (Wildman–Crippen LogP) is 2.57. The van der Waals surface area contributed by atoms with Gasteiger partial charge in [0.15, 0.2) is 0 Å². The van der Waals surface area contributed by atoms with E-state index in [1.165, 1.54) is 7.11 Å². The third-order valence-corrected chi connectivity index (χ3v) is 3.90. The molecule has 0 N–H and O–H groups in total. The van der Waals surface area contributed by atoms with E-state index in [0.717, 1.165) is 12.2 Å². The minimum Gasteiger partial charge on any atom is -0.547 e. The summed E-state index contributed by atoms with van der Waals surface area (Å²) in [6.45, 7) is 8.47. The van der Waals surface area contributed by atoms with E-state index in [4.69, 9.17) is 13.9 Å². The second kappa shape index (κ2) is 5.89. The fourth-order valence-corrected chi connectivity index (χ4v) is 3.25. The number of methoxy groups -OCH3 is 2. The van der Waals surface area contributed by atoms with Gasteiger partial charge in [0.1, 0.15) is 0 Å². The number of carbonyl (C=O) groups is 1. The van der Waals surface area contributed by atoms with Gasteiger partial charge in [-0.3, -0.25) is 4.79 Å². The Bertz CT molecular complexity index is 332. The van der Waals surface area contributed by atoms with Gasteiger partial charge in [-0.1, -0.05) is 6.92 Å². The molecule has 4 nitrogen and oxygen atoms in total. The zero-order valence-corrected chi connectivity index (χ0v) is 13.1. The number of hydrogen-bond donors (Lipinski definition) is 0. The van der Waals surface area contributed by atoms with Gasteiger partial charge in [-0.2, -0.15) is 0 Å². The predicted molar refractivity (Wildman–Crippen MR) is 72.6 cm³/mol. The maximum absolute atomic E-state index is 11.8. The molecule has 1 rings (SSSR count). The Morgan fingerprint density at radius 2 is 1.94 bits per heavy atom. The average Bonchev–Trinajstić information content (AvgIpc) is 2.24. The van der Waals surface area contributed by atoms with Crippen LogP contribution in [0, 0.1) is 11.8 Å². The first-order chi connectivity index (χ1) is 8.28. The summed E-state index contributed by atoms with van der Waals surface area (Å²) in [4.78, 5) is 11.8. The zero-order valence-electron chi connectivity index (χ0n) is 12.1. The molecule has 0 radical (unpaired) electrons. The van der Waals surface area contributed by atoms with Crippen LogP contribution in [-0.2, 0) is 18.7 Å². The maximum atomic E-state index is 11.8. The molecule has 0 aromatic heterocycles. The van der Waals surface area contributed by atoms with Crippen molar-refractivity contribution in [3.63, 3.8) is 0 Å². The summed E-state index contributed by atoms with van der Waals surface area (Å²) >= 11 is 0. The van der Waals surface area contributed by atoms with Crippen molar-refractivity contribution in [3.05, 3.63) is 11.8 Å². The fourth-order valence-electron chi connectivity index (χ4n) is 2.31. The smallest absolute Gasteiger partial charge is 0.311 e. The quantitative estimate of drug-likeness (QED) is 0.583. The van der Waals surface area contributed by atoms with Crippen molar-refractivity contribution < 1.29 is 18.7 Å². The largest absolute Gasteiger partial charge is 0.547 e. The molecule has 1 aliphatic rings. The maximum Gasteiger partial charge on any atom is 0.311 e. The van der Waals surface area contributed by atoms with Gasteiger partial charge in [0.25, 0.3) is 0 Å². The van der Waals surface area contributed by atoms with Crippen molar-refractivity contribution in [1.82, 2.24) is 0 Å². The van der Waals surface area contributed by atoms with E-state index < -0.39 is 8.32 Å². The molecule has 3 atom stereocenters. The summed E-state index contributed by atoms with van der Waals surface area (Å²) < 4.78 is 16.3. The Morgan fingerprint density at radius 1 is 1.33 bits per heavy atom. The Hall–Kier alpha value is -0.813. The lowest BCUT2D eigenvalue weighted by atomic mass is 9.81. The first-order valence-electron chi connectivity index (χ1n) is 6.29. The highest BCUT2D eigenvalue weighted by atomic mass is 28.4. The molecule has 0 saturated heterocycles. The van der Waals surface area contributed by atoms with Gasteiger partial charge in [-0.25, -0.2) is 0 Å². The van der Waals surface area contributed by atoms with Crippen LogP contribution in [0.4, 0.5) is 0 Å². The number of esters is 1. The normalized spacial score (nSPS) is 28.6. The van der Waals surface area contributed by atoms with Gasteiger partial charge in [-0.15, -0.1) is 0 Å². The summed E-state index contributed by atoms with van der Waals surface area (Å²) in [5.41, 5.74) is 0. The first kappa shape index (κ1) is 15.2. The van der Waals surface area contributed by atoms with Crippen molar-refractivity contribution in [2.24, 2.45) is 11.8 Å².